The summed E-state index contributed by atoms with van der Waals surface area (Å²) in [5.74, 6) is 0.378. The van der Waals surface area contributed by atoms with Crippen LogP contribution < -0.4 is 16.6 Å². The second-order valence-electron chi connectivity index (χ2n) is 4.65. The van der Waals surface area contributed by atoms with Gasteiger partial charge in [0.1, 0.15) is 5.82 Å². The Morgan fingerprint density at radius 1 is 1.25 bits per heavy atom. The van der Waals surface area contributed by atoms with Crippen LogP contribution in [0, 0.1) is 13.8 Å². The fourth-order valence-electron chi connectivity index (χ4n) is 1.86. The lowest BCUT2D eigenvalue weighted by Crippen LogP contribution is -2.34. The van der Waals surface area contributed by atoms with E-state index in [1.54, 1.807) is 0 Å². The third-order valence-corrected chi connectivity index (χ3v) is 3.12. The molecule has 5 nitrogen and oxygen atoms in total. The Labute approximate surface area is 116 Å². The van der Waals surface area contributed by atoms with Gasteiger partial charge in [0, 0.05) is 18.3 Å². The predicted molar refractivity (Wildman–Crippen MR) is 80.7 cm³/mol. The number of allylic oxidation sites excluding steroid dienone is 1. The summed E-state index contributed by atoms with van der Waals surface area (Å²) < 4.78 is 1.08. The Morgan fingerprint density at radius 2 is 2.00 bits per heavy atom. The molecule has 0 unspecified atom stereocenters. The molecule has 0 bridgehead atoms. The SMILES string of the molecule is C=CCn1c(=O)cc(Nc2ccc(C)c(C)c2)[nH]c1=O. The molecule has 2 rings (SSSR count). The van der Waals surface area contributed by atoms with Crippen LogP contribution in [-0.4, -0.2) is 9.55 Å². The van der Waals surface area contributed by atoms with Crippen LogP contribution in [0.25, 0.3) is 0 Å². The van der Waals surface area contributed by atoms with Gasteiger partial charge in [-0.25, -0.2) is 4.79 Å². The van der Waals surface area contributed by atoms with Gasteiger partial charge in [-0.15, -0.1) is 6.58 Å². The predicted octanol–water partition coefficient (Wildman–Crippen LogP) is 2.08. The van der Waals surface area contributed by atoms with E-state index in [1.807, 2.05) is 32.0 Å². The highest BCUT2D eigenvalue weighted by molar-refractivity contribution is 5.57. The summed E-state index contributed by atoms with van der Waals surface area (Å²) >= 11 is 0. The van der Waals surface area contributed by atoms with Crippen LogP contribution in [0.15, 0.2) is 46.5 Å². The van der Waals surface area contributed by atoms with Crippen molar-refractivity contribution in [3.8, 4) is 0 Å². The first kappa shape index (κ1) is 13.9. The molecular weight excluding hydrogens is 254 g/mol. The molecule has 2 aromatic rings. The normalized spacial score (nSPS) is 10.3. The molecule has 5 heteroatoms. The van der Waals surface area contributed by atoms with E-state index in [4.69, 9.17) is 0 Å². The number of hydrogen-bond donors (Lipinski definition) is 2. The molecule has 0 amide bonds. The number of rotatable bonds is 4. The first-order valence-corrected chi connectivity index (χ1v) is 6.30. The zero-order valence-corrected chi connectivity index (χ0v) is 11.6. The van der Waals surface area contributed by atoms with E-state index >= 15 is 0 Å². The molecule has 1 aromatic heterocycles. The number of benzene rings is 1. The maximum atomic E-state index is 11.8. The van der Waals surface area contributed by atoms with Crippen LogP contribution >= 0.6 is 0 Å². The van der Waals surface area contributed by atoms with Crippen molar-refractivity contribution in [1.29, 1.82) is 0 Å². The number of nitrogens with zero attached hydrogens (tertiary/aromatic N) is 1. The highest BCUT2D eigenvalue weighted by Crippen LogP contribution is 2.16. The Bertz CT molecular complexity index is 725. The average Bonchev–Trinajstić information content (AvgIpc) is 2.38. The summed E-state index contributed by atoms with van der Waals surface area (Å²) in [4.78, 5) is 26.2. The Morgan fingerprint density at radius 3 is 2.60 bits per heavy atom. The Hall–Kier alpha value is -2.56. The van der Waals surface area contributed by atoms with Gasteiger partial charge >= 0.3 is 5.69 Å². The molecule has 0 aliphatic rings. The monoisotopic (exact) mass is 271 g/mol. The van der Waals surface area contributed by atoms with Crippen LogP contribution in [0.5, 0.6) is 0 Å². The Balaban J connectivity index is 2.35. The molecule has 104 valence electrons. The quantitative estimate of drug-likeness (QED) is 0.837. The third kappa shape index (κ3) is 2.88. The summed E-state index contributed by atoms with van der Waals surface area (Å²) in [5, 5.41) is 3.03. The molecule has 0 saturated heterocycles. The van der Waals surface area contributed by atoms with Crippen LogP contribution in [0.2, 0.25) is 0 Å². The topological polar surface area (TPSA) is 66.9 Å². The minimum Gasteiger partial charge on any atom is -0.342 e. The zero-order chi connectivity index (χ0) is 14.7. The molecule has 0 atom stereocenters. The molecule has 20 heavy (non-hydrogen) atoms. The number of aromatic nitrogens is 2. The van der Waals surface area contributed by atoms with E-state index in [2.05, 4.69) is 16.9 Å². The van der Waals surface area contributed by atoms with Gasteiger partial charge in [0.15, 0.2) is 0 Å². The molecular formula is C15H17N3O2. The maximum Gasteiger partial charge on any atom is 0.330 e. The van der Waals surface area contributed by atoms with Crippen molar-refractivity contribution in [3.63, 3.8) is 0 Å². The van der Waals surface area contributed by atoms with E-state index in [9.17, 15) is 9.59 Å². The van der Waals surface area contributed by atoms with Crippen molar-refractivity contribution in [3.05, 3.63) is 68.9 Å². The fraction of sp³-hybridized carbons (Fsp3) is 0.200. The molecule has 1 heterocycles. The minimum absolute atomic E-state index is 0.193. The van der Waals surface area contributed by atoms with Gasteiger partial charge in [0.2, 0.25) is 0 Å². The third-order valence-electron chi connectivity index (χ3n) is 3.12. The smallest absolute Gasteiger partial charge is 0.330 e. The standard InChI is InChI=1S/C15H17N3O2/c1-4-7-18-14(19)9-13(17-15(18)20)16-12-6-5-10(2)11(3)8-12/h4-6,8-9,16H,1,7H2,2-3H3,(H,17,20). The van der Waals surface area contributed by atoms with Crippen molar-refractivity contribution in [2.45, 2.75) is 20.4 Å². The van der Waals surface area contributed by atoms with Crippen LogP contribution in [-0.2, 0) is 6.54 Å². The van der Waals surface area contributed by atoms with Gasteiger partial charge < -0.3 is 5.32 Å². The number of hydrogen-bond acceptors (Lipinski definition) is 3. The second-order valence-corrected chi connectivity index (χ2v) is 4.65. The molecule has 0 saturated carbocycles. The summed E-state index contributed by atoms with van der Waals surface area (Å²) in [6.07, 6.45) is 1.51. The molecule has 1 aromatic carbocycles. The van der Waals surface area contributed by atoms with Gasteiger partial charge in [0.05, 0.1) is 0 Å². The van der Waals surface area contributed by atoms with E-state index in [0.717, 1.165) is 15.8 Å². The van der Waals surface area contributed by atoms with Crippen LogP contribution in [0.3, 0.4) is 0 Å². The number of H-pyrrole nitrogens is 1. The van der Waals surface area contributed by atoms with Gasteiger partial charge in [-0.05, 0) is 37.1 Å². The lowest BCUT2D eigenvalue weighted by Gasteiger charge is -2.09. The minimum atomic E-state index is -0.455. The number of aryl methyl sites for hydroxylation is 2. The van der Waals surface area contributed by atoms with E-state index < -0.39 is 5.69 Å². The first-order chi connectivity index (χ1) is 9.51. The van der Waals surface area contributed by atoms with Crippen molar-refractivity contribution in [2.75, 3.05) is 5.32 Å². The van der Waals surface area contributed by atoms with E-state index in [0.29, 0.717) is 5.82 Å². The summed E-state index contributed by atoms with van der Waals surface area (Å²) in [5.41, 5.74) is 2.33. The van der Waals surface area contributed by atoms with Gasteiger partial charge in [-0.1, -0.05) is 12.1 Å². The second kappa shape index (κ2) is 5.61. The van der Waals surface area contributed by atoms with Gasteiger partial charge in [-0.3, -0.25) is 14.3 Å². The van der Waals surface area contributed by atoms with Gasteiger partial charge in [-0.2, -0.15) is 0 Å². The number of anilines is 2. The Kier molecular flexibility index (Phi) is 3.89. The highest BCUT2D eigenvalue weighted by atomic mass is 16.2. The number of aromatic amines is 1. The highest BCUT2D eigenvalue weighted by Gasteiger charge is 2.04. The van der Waals surface area contributed by atoms with Crippen molar-refractivity contribution >= 4 is 11.5 Å². The van der Waals surface area contributed by atoms with Crippen molar-refractivity contribution in [1.82, 2.24) is 9.55 Å². The molecule has 2 N–H and O–H groups in total. The van der Waals surface area contributed by atoms with E-state index in [-0.39, 0.29) is 12.1 Å². The summed E-state index contributed by atoms with van der Waals surface area (Å²) in [6.45, 7) is 7.74. The lowest BCUT2D eigenvalue weighted by molar-refractivity contribution is 0.717. The first-order valence-electron chi connectivity index (χ1n) is 6.30. The van der Waals surface area contributed by atoms with Crippen LogP contribution in [0.4, 0.5) is 11.5 Å². The number of nitrogens with one attached hydrogen (secondary N) is 2. The summed E-state index contributed by atoms with van der Waals surface area (Å²) in [6, 6.07) is 7.20. The van der Waals surface area contributed by atoms with Crippen LogP contribution in [0.1, 0.15) is 11.1 Å². The maximum absolute atomic E-state index is 11.8. The van der Waals surface area contributed by atoms with Crippen molar-refractivity contribution in [2.24, 2.45) is 0 Å². The average molecular weight is 271 g/mol. The molecule has 0 radical (unpaired) electrons. The molecule has 0 spiro atoms. The fourth-order valence-corrected chi connectivity index (χ4v) is 1.86. The van der Waals surface area contributed by atoms with Crippen molar-refractivity contribution < 1.29 is 0 Å². The van der Waals surface area contributed by atoms with Gasteiger partial charge in [0.25, 0.3) is 5.56 Å². The summed E-state index contributed by atoms with van der Waals surface area (Å²) in [7, 11) is 0. The zero-order valence-electron chi connectivity index (χ0n) is 11.6. The largest absolute Gasteiger partial charge is 0.342 e. The van der Waals surface area contributed by atoms with E-state index in [1.165, 1.54) is 17.7 Å². The molecule has 0 fully saturated rings. The lowest BCUT2D eigenvalue weighted by atomic mass is 10.1. The molecule has 0 aliphatic carbocycles. The molecule has 0 aliphatic heterocycles.